The number of non-ortho nitro benzene ring substituents is 1. The molecule has 0 spiro atoms. The number of nitro groups is 1. The van der Waals surface area contributed by atoms with E-state index in [4.69, 9.17) is 4.74 Å². The van der Waals surface area contributed by atoms with Gasteiger partial charge >= 0.3 is 0 Å². The molecule has 0 aliphatic carbocycles. The molecule has 108 valence electrons. The van der Waals surface area contributed by atoms with Crippen LogP contribution < -0.4 is 4.74 Å². The van der Waals surface area contributed by atoms with Gasteiger partial charge in [0.15, 0.2) is 5.78 Å². The maximum atomic E-state index is 11.9. The van der Waals surface area contributed by atoms with E-state index in [0.717, 1.165) is 0 Å². The van der Waals surface area contributed by atoms with Gasteiger partial charge in [0.1, 0.15) is 11.5 Å². The summed E-state index contributed by atoms with van der Waals surface area (Å²) in [4.78, 5) is 22.2. The first-order valence-electron chi connectivity index (χ1n) is 6.27. The number of ketones is 1. The number of rotatable bonds is 5. The molecule has 0 saturated heterocycles. The van der Waals surface area contributed by atoms with Crippen molar-refractivity contribution in [3.05, 3.63) is 62.6 Å². The fraction of sp³-hybridized carbons (Fsp3) is 0.133. The Morgan fingerprint density at radius 3 is 2.62 bits per heavy atom. The number of hydrogen-bond acceptors (Lipinski definition) is 4. The van der Waals surface area contributed by atoms with Gasteiger partial charge in [0.2, 0.25) is 0 Å². The number of Topliss-reactive ketones (excluding diaryl/α,β-unsaturated/α-hetero) is 1. The predicted molar refractivity (Wildman–Crippen MR) is 81.9 cm³/mol. The Hall–Kier alpha value is -2.21. The van der Waals surface area contributed by atoms with Crippen LogP contribution in [0.2, 0.25) is 0 Å². The number of halogens is 1. The van der Waals surface area contributed by atoms with Crippen LogP contribution in [0.5, 0.6) is 11.5 Å². The highest BCUT2D eigenvalue weighted by atomic mass is 79.9. The number of carbonyl (C=O) groups excluding carboxylic acids is 1. The molecule has 21 heavy (non-hydrogen) atoms. The molecular formula is C15H12BrNO4. The van der Waals surface area contributed by atoms with Crippen molar-refractivity contribution < 1.29 is 14.5 Å². The molecule has 0 N–H and O–H groups in total. The zero-order chi connectivity index (χ0) is 15.4. The Kier molecular flexibility index (Phi) is 4.70. The van der Waals surface area contributed by atoms with Gasteiger partial charge in [-0.2, -0.15) is 0 Å². The highest BCUT2D eigenvalue weighted by Gasteiger charge is 2.15. The molecule has 0 radical (unpaired) electrons. The molecule has 5 nitrogen and oxygen atoms in total. The van der Waals surface area contributed by atoms with Crippen molar-refractivity contribution in [3.63, 3.8) is 0 Å². The molecule has 0 heterocycles. The van der Waals surface area contributed by atoms with Gasteiger partial charge in [0, 0.05) is 12.5 Å². The topological polar surface area (TPSA) is 69.4 Å². The Bertz CT molecular complexity index is 700. The molecule has 0 aromatic heterocycles. The third-order valence-corrected chi connectivity index (χ3v) is 3.51. The first kappa shape index (κ1) is 15.2. The van der Waals surface area contributed by atoms with E-state index in [1.54, 1.807) is 31.2 Å². The summed E-state index contributed by atoms with van der Waals surface area (Å²) in [7, 11) is 0. The second-order valence-corrected chi connectivity index (χ2v) is 5.10. The molecule has 0 atom stereocenters. The van der Waals surface area contributed by atoms with E-state index in [-0.39, 0.29) is 11.5 Å². The van der Waals surface area contributed by atoms with Crippen LogP contribution in [0.15, 0.2) is 46.9 Å². The van der Waals surface area contributed by atoms with Crippen LogP contribution in [0.1, 0.15) is 23.7 Å². The van der Waals surface area contributed by atoms with Crippen molar-refractivity contribution >= 4 is 27.4 Å². The monoisotopic (exact) mass is 349 g/mol. The number of nitro benzene ring substituents is 1. The van der Waals surface area contributed by atoms with Crippen molar-refractivity contribution in [2.75, 3.05) is 0 Å². The smallest absolute Gasteiger partial charge is 0.273 e. The minimum atomic E-state index is -0.498. The Morgan fingerprint density at radius 2 is 1.95 bits per heavy atom. The number of ether oxygens (including phenoxy) is 1. The fourth-order valence-electron chi connectivity index (χ4n) is 1.78. The maximum absolute atomic E-state index is 11.9. The molecule has 0 unspecified atom stereocenters. The van der Waals surface area contributed by atoms with Crippen LogP contribution in [0.3, 0.4) is 0 Å². The molecule has 2 aromatic carbocycles. The van der Waals surface area contributed by atoms with Crippen LogP contribution in [-0.2, 0) is 0 Å². The number of nitrogens with zero attached hydrogens (tertiary/aromatic N) is 1. The summed E-state index contributed by atoms with van der Waals surface area (Å²) in [5.74, 6) is 0.623. The SMILES string of the molecule is CCC(=O)c1ccccc1Oc1cc([N+](=O)[O-])ccc1Br. The normalized spacial score (nSPS) is 10.2. The zero-order valence-electron chi connectivity index (χ0n) is 11.2. The van der Waals surface area contributed by atoms with E-state index in [0.29, 0.717) is 28.0 Å². The number of para-hydroxylation sites is 1. The lowest BCUT2D eigenvalue weighted by atomic mass is 10.1. The Morgan fingerprint density at radius 1 is 1.24 bits per heavy atom. The van der Waals surface area contributed by atoms with Gasteiger partial charge in [0.25, 0.3) is 5.69 Å². The summed E-state index contributed by atoms with van der Waals surface area (Å²) >= 11 is 3.28. The minimum Gasteiger partial charge on any atom is -0.455 e. The van der Waals surface area contributed by atoms with Gasteiger partial charge in [-0.3, -0.25) is 14.9 Å². The molecule has 0 bridgehead atoms. The largest absolute Gasteiger partial charge is 0.455 e. The fourth-order valence-corrected chi connectivity index (χ4v) is 2.11. The molecule has 6 heteroatoms. The van der Waals surface area contributed by atoms with E-state index in [1.165, 1.54) is 18.2 Å². The van der Waals surface area contributed by atoms with Gasteiger partial charge < -0.3 is 4.74 Å². The van der Waals surface area contributed by atoms with Gasteiger partial charge in [-0.25, -0.2) is 0 Å². The number of hydrogen-bond donors (Lipinski definition) is 0. The lowest BCUT2D eigenvalue weighted by Crippen LogP contribution is -2.00. The third kappa shape index (κ3) is 3.46. The van der Waals surface area contributed by atoms with Gasteiger partial charge in [-0.1, -0.05) is 19.1 Å². The second-order valence-electron chi connectivity index (χ2n) is 4.25. The minimum absolute atomic E-state index is 0.0489. The quantitative estimate of drug-likeness (QED) is 0.444. The van der Waals surface area contributed by atoms with Gasteiger partial charge in [-0.05, 0) is 34.1 Å². The van der Waals surface area contributed by atoms with E-state index in [2.05, 4.69) is 15.9 Å². The number of carbonyl (C=O) groups is 1. The van der Waals surface area contributed by atoms with E-state index >= 15 is 0 Å². The second kappa shape index (κ2) is 6.49. The maximum Gasteiger partial charge on any atom is 0.273 e. The highest BCUT2D eigenvalue weighted by molar-refractivity contribution is 9.10. The van der Waals surface area contributed by atoms with E-state index in [1.807, 2.05) is 0 Å². The summed E-state index contributed by atoms with van der Waals surface area (Å²) in [5, 5.41) is 10.8. The first-order chi connectivity index (χ1) is 10.0. The highest BCUT2D eigenvalue weighted by Crippen LogP contribution is 2.34. The van der Waals surface area contributed by atoms with Crippen molar-refractivity contribution in [2.45, 2.75) is 13.3 Å². The van der Waals surface area contributed by atoms with Crippen LogP contribution in [0.4, 0.5) is 5.69 Å². The summed E-state index contributed by atoms with van der Waals surface area (Å²) in [6.07, 6.45) is 0.358. The van der Waals surface area contributed by atoms with Crippen LogP contribution in [-0.4, -0.2) is 10.7 Å². The molecule has 0 aliphatic rings. The van der Waals surface area contributed by atoms with Crippen LogP contribution in [0, 0.1) is 10.1 Å². The van der Waals surface area contributed by atoms with Crippen LogP contribution >= 0.6 is 15.9 Å². The standard InChI is InChI=1S/C15H12BrNO4/c1-2-13(18)11-5-3-4-6-14(11)21-15-9-10(17(19)20)7-8-12(15)16/h3-9H,2H2,1H3. The third-order valence-electron chi connectivity index (χ3n) is 2.85. The molecule has 0 amide bonds. The molecule has 2 aromatic rings. The van der Waals surface area contributed by atoms with E-state index < -0.39 is 4.92 Å². The molecule has 2 rings (SSSR count). The van der Waals surface area contributed by atoms with Crippen molar-refractivity contribution in [1.29, 1.82) is 0 Å². The lowest BCUT2D eigenvalue weighted by Gasteiger charge is -2.11. The molecular weight excluding hydrogens is 338 g/mol. The molecule has 0 aliphatic heterocycles. The first-order valence-corrected chi connectivity index (χ1v) is 7.06. The van der Waals surface area contributed by atoms with E-state index in [9.17, 15) is 14.9 Å². The summed E-state index contributed by atoms with van der Waals surface area (Å²) in [5.41, 5.74) is 0.380. The molecule has 0 saturated carbocycles. The zero-order valence-corrected chi connectivity index (χ0v) is 12.8. The Labute approximate surface area is 129 Å². The van der Waals surface area contributed by atoms with Crippen molar-refractivity contribution in [2.24, 2.45) is 0 Å². The summed E-state index contributed by atoms with van der Waals surface area (Å²) < 4.78 is 6.26. The van der Waals surface area contributed by atoms with Gasteiger partial charge in [0.05, 0.1) is 21.0 Å². The van der Waals surface area contributed by atoms with Gasteiger partial charge in [-0.15, -0.1) is 0 Å². The number of benzene rings is 2. The van der Waals surface area contributed by atoms with Crippen molar-refractivity contribution in [3.8, 4) is 11.5 Å². The average Bonchev–Trinajstić information content (AvgIpc) is 2.49. The predicted octanol–water partition coefficient (Wildman–Crippen LogP) is 4.74. The summed E-state index contributed by atoms with van der Waals surface area (Å²) in [6.45, 7) is 1.77. The van der Waals surface area contributed by atoms with Crippen LogP contribution in [0.25, 0.3) is 0 Å². The average molecular weight is 350 g/mol. The Balaban J connectivity index is 2.41. The van der Waals surface area contributed by atoms with Crippen molar-refractivity contribution in [1.82, 2.24) is 0 Å². The summed E-state index contributed by atoms with van der Waals surface area (Å²) in [6, 6.07) is 11.1. The molecule has 0 fully saturated rings. The lowest BCUT2D eigenvalue weighted by molar-refractivity contribution is -0.384.